The van der Waals surface area contributed by atoms with Crippen LogP contribution in [-0.4, -0.2) is 36.6 Å². The number of amides is 1. The van der Waals surface area contributed by atoms with Gasteiger partial charge in [-0.25, -0.2) is 4.98 Å². The third-order valence-electron chi connectivity index (χ3n) is 3.95. The smallest absolute Gasteiger partial charge is 0.224 e. The van der Waals surface area contributed by atoms with Crippen molar-refractivity contribution in [2.75, 3.05) is 20.8 Å². The molecule has 140 valence electrons. The van der Waals surface area contributed by atoms with E-state index < -0.39 is 0 Å². The summed E-state index contributed by atoms with van der Waals surface area (Å²) in [5.74, 6) is 1.23. The van der Waals surface area contributed by atoms with E-state index in [4.69, 9.17) is 9.47 Å². The molecule has 3 rings (SSSR count). The van der Waals surface area contributed by atoms with Gasteiger partial charge in [0.1, 0.15) is 0 Å². The van der Waals surface area contributed by atoms with Gasteiger partial charge in [0.05, 0.1) is 37.0 Å². The summed E-state index contributed by atoms with van der Waals surface area (Å²) in [5.41, 5.74) is 2.60. The van der Waals surface area contributed by atoms with Crippen LogP contribution in [0.5, 0.6) is 11.5 Å². The van der Waals surface area contributed by atoms with Crippen molar-refractivity contribution in [2.45, 2.75) is 12.8 Å². The Kier molecular flexibility index (Phi) is 6.38. The van der Waals surface area contributed by atoms with Gasteiger partial charge < -0.3 is 14.8 Å². The van der Waals surface area contributed by atoms with Crippen LogP contribution >= 0.6 is 11.3 Å². The quantitative estimate of drug-likeness (QED) is 0.647. The maximum Gasteiger partial charge on any atom is 0.224 e. The zero-order valence-corrected chi connectivity index (χ0v) is 16.1. The molecule has 2 heterocycles. The molecule has 7 heteroatoms. The van der Waals surface area contributed by atoms with E-state index in [0.29, 0.717) is 24.5 Å². The predicted octanol–water partition coefficient (Wildman–Crippen LogP) is 3.12. The highest BCUT2D eigenvalue weighted by molar-refractivity contribution is 7.09. The summed E-state index contributed by atoms with van der Waals surface area (Å²) >= 11 is 1.58. The molecule has 0 aliphatic carbocycles. The van der Waals surface area contributed by atoms with Crippen molar-refractivity contribution in [1.82, 2.24) is 15.3 Å². The molecule has 0 aliphatic rings. The number of thiazole rings is 1. The van der Waals surface area contributed by atoms with E-state index in [9.17, 15) is 4.79 Å². The van der Waals surface area contributed by atoms with Crippen molar-refractivity contribution in [3.8, 4) is 22.9 Å². The average molecular weight is 383 g/mol. The van der Waals surface area contributed by atoms with Gasteiger partial charge in [-0.1, -0.05) is 12.1 Å². The van der Waals surface area contributed by atoms with Crippen LogP contribution < -0.4 is 14.8 Å². The van der Waals surface area contributed by atoms with Gasteiger partial charge in [0.25, 0.3) is 0 Å². The fraction of sp³-hybridized carbons (Fsp3) is 0.250. The molecule has 0 saturated heterocycles. The Morgan fingerprint density at radius 2 is 1.96 bits per heavy atom. The number of rotatable bonds is 8. The maximum atomic E-state index is 12.2. The molecule has 1 aromatic carbocycles. The fourth-order valence-electron chi connectivity index (χ4n) is 2.60. The lowest BCUT2D eigenvalue weighted by molar-refractivity contribution is -0.120. The molecule has 0 radical (unpaired) electrons. The predicted molar refractivity (Wildman–Crippen MR) is 105 cm³/mol. The highest BCUT2D eigenvalue weighted by Crippen LogP contribution is 2.27. The summed E-state index contributed by atoms with van der Waals surface area (Å²) in [6, 6.07) is 11.2. The van der Waals surface area contributed by atoms with E-state index in [-0.39, 0.29) is 12.3 Å². The molecule has 0 atom stereocenters. The third-order valence-corrected chi connectivity index (χ3v) is 4.86. The van der Waals surface area contributed by atoms with Crippen molar-refractivity contribution >= 4 is 17.2 Å². The number of ether oxygens (including phenoxy) is 2. The topological polar surface area (TPSA) is 73.3 Å². The number of nitrogens with zero attached hydrogens (tertiary/aromatic N) is 2. The second-order valence-electron chi connectivity index (χ2n) is 5.81. The maximum absolute atomic E-state index is 12.2. The molecule has 0 spiro atoms. The van der Waals surface area contributed by atoms with Gasteiger partial charge in [-0.3, -0.25) is 9.78 Å². The number of benzene rings is 1. The van der Waals surface area contributed by atoms with Crippen LogP contribution in [0.4, 0.5) is 0 Å². The van der Waals surface area contributed by atoms with E-state index in [1.165, 1.54) is 0 Å². The van der Waals surface area contributed by atoms with Gasteiger partial charge in [-0.2, -0.15) is 0 Å². The Bertz CT molecular complexity index is 896. The third kappa shape index (κ3) is 5.04. The molecule has 3 aromatic rings. The zero-order valence-electron chi connectivity index (χ0n) is 15.3. The standard InChI is InChI=1S/C20H21N3O3S/c1-25-17-7-6-14(11-18(17)26-2)12-19(24)22-10-8-20-23-16(13-27-20)15-5-3-4-9-21-15/h3-7,9,11,13H,8,10,12H2,1-2H3,(H,22,24). The van der Waals surface area contributed by atoms with Crippen molar-refractivity contribution in [3.05, 3.63) is 58.5 Å². The number of hydrogen-bond donors (Lipinski definition) is 1. The number of carbonyl (C=O) groups is 1. The zero-order chi connectivity index (χ0) is 19.1. The second kappa shape index (κ2) is 9.14. The molecule has 2 aromatic heterocycles. The van der Waals surface area contributed by atoms with Crippen LogP contribution in [0.15, 0.2) is 48.0 Å². The minimum atomic E-state index is -0.0382. The number of methoxy groups -OCH3 is 2. The lowest BCUT2D eigenvalue weighted by Gasteiger charge is -2.09. The SMILES string of the molecule is COc1ccc(CC(=O)NCCc2nc(-c3ccccn3)cs2)cc1OC. The van der Waals surface area contributed by atoms with Crippen LogP contribution in [0, 0.1) is 0 Å². The average Bonchev–Trinajstić information content (AvgIpc) is 3.17. The molecule has 0 bridgehead atoms. The molecule has 0 saturated carbocycles. The van der Waals surface area contributed by atoms with Crippen LogP contribution in [0.25, 0.3) is 11.4 Å². The lowest BCUT2D eigenvalue weighted by Crippen LogP contribution is -2.27. The van der Waals surface area contributed by atoms with E-state index in [1.807, 2.05) is 35.7 Å². The Balaban J connectivity index is 1.49. The number of nitrogens with one attached hydrogen (secondary N) is 1. The van der Waals surface area contributed by atoms with Gasteiger partial charge in [0.2, 0.25) is 5.91 Å². The first kappa shape index (κ1) is 18.8. The van der Waals surface area contributed by atoms with E-state index in [0.717, 1.165) is 22.0 Å². The van der Waals surface area contributed by atoms with Gasteiger partial charge >= 0.3 is 0 Å². The second-order valence-corrected chi connectivity index (χ2v) is 6.75. The Hall–Kier alpha value is -2.93. The van der Waals surface area contributed by atoms with Gasteiger partial charge in [-0.05, 0) is 29.8 Å². The number of pyridine rings is 1. The molecule has 1 amide bonds. The monoisotopic (exact) mass is 383 g/mol. The molecule has 6 nitrogen and oxygen atoms in total. The molecule has 0 unspecified atom stereocenters. The highest BCUT2D eigenvalue weighted by Gasteiger charge is 2.09. The summed E-state index contributed by atoms with van der Waals surface area (Å²) in [7, 11) is 3.16. The summed E-state index contributed by atoms with van der Waals surface area (Å²) in [4.78, 5) is 21.1. The van der Waals surface area contributed by atoms with Gasteiger partial charge in [-0.15, -0.1) is 11.3 Å². The van der Waals surface area contributed by atoms with Crippen molar-refractivity contribution in [3.63, 3.8) is 0 Å². The minimum Gasteiger partial charge on any atom is -0.493 e. The van der Waals surface area contributed by atoms with E-state index in [1.54, 1.807) is 37.8 Å². The summed E-state index contributed by atoms with van der Waals surface area (Å²) < 4.78 is 10.5. The molecular weight excluding hydrogens is 362 g/mol. The molecular formula is C20H21N3O3S. The van der Waals surface area contributed by atoms with Crippen LogP contribution in [0.2, 0.25) is 0 Å². The van der Waals surface area contributed by atoms with Gasteiger partial charge in [0, 0.05) is 24.5 Å². The van der Waals surface area contributed by atoms with Crippen molar-refractivity contribution < 1.29 is 14.3 Å². The largest absolute Gasteiger partial charge is 0.493 e. The van der Waals surface area contributed by atoms with Crippen LogP contribution in [0.1, 0.15) is 10.6 Å². The first-order valence-corrected chi connectivity index (χ1v) is 9.41. The van der Waals surface area contributed by atoms with Crippen LogP contribution in [-0.2, 0) is 17.6 Å². The highest BCUT2D eigenvalue weighted by atomic mass is 32.1. The Morgan fingerprint density at radius 1 is 1.11 bits per heavy atom. The number of aromatic nitrogens is 2. The van der Waals surface area contributed by atoms with Gasteiger partial charge in [0.15, 0.2) is 11.5 Å². The minimum absolute atomic E-state index is 0.0382. The lowest BCUT2D eigenvalue weighted by atomic mass is 10.1. The molecule has 1 N–H and O–H groups in total. The number of carbonyl (C=O) groups excluding carboxylic acids is 1. The summed E-state index contributed by atoms with van der Waals surface area (Å²) in [5, 5.41) is 5.90. The first-order chi connectivity index (χ1) is 13.2. The number of hydrogen-bond acceptors (Lipinski definition) is 6. The van der Waals surface area contributed by atoms with Crippen molar-refractivity contribution in [1.29, 1.82) is 0 Å². The van der Waals surface area contributed by atoms with E-state index >= 15 is 0 Å². The Labute approximate surface area is 162 Å². The molecule has 0 fully saturated rings. The molecule has 27 heavy (non-hydrogen) atoms. The van der Waals surface area contributed by atoms with Crippen LogP contribution in [0.3, 0.4) is 0 Å². The summed E-state index contributed by atoms with van der Waals surface area (Å²) in [6.45, 7) is 0.543. The normalized spacial score (nSPS) is 10.4. The Morgan fingerprint density at radius 3 is 2.70 bits per heavy atom. The summed E-state index contributed by atoms with van der Waals surface area (Å²) in [6.07, 6.45) is 2.73. The first-order valence-electron chi connectivity index (χ1n) is 8.53. The van der Waals surface area contributed by atoms with E-state index in [2.05, 4.69) is 15.3 Å². The van der Waals surface area contributed by atoms with Crippen molar-refractivity contribution in [2.24, 2.45) is 0 Å². The fourth-order valence-corrected chi connectivity index (χ4v) is 3.40. The molecule has 0 aliphatic heterocycles.